The number of hydrogen-bond donors (Lipinski definition) is 2. The molecule has 0 radical (unpaired) electrons. The quantitative estimate of drug-likeness (QED) is 0.809. The van der Waals surface area contributed by atoms with Gasteiger partial charge in [0.25, 0.3) is 0 Å². The number of carbonyl (C=O) groups is 2. The van der Waals surface area contributed by atoms with Gasteiger partial charge in [-0.3, -0.25) is 0 Å². The zero-order chi connectivity index (χ0) is 13.0. The number of ether oxygens (including phenoxy) is 1. The fraction of sp³-hybridized carbons (Fsp3) is 0.333. The van der Waals surface area contributed by atoms with Crippen molar-refractivity contribution in [2.45, 2.75) is 0 Å². The van der Waals surface area contributed by atoms with Crippen LogP contribution < -0.4 is 10.1 Å². The molecule has 0 saturated carbocycles. The minimum atomic E-state index is -0.987. The van der Waals surface area contributed by atoms with E-state index in [4.69, 9.17) is 9.84 Å². The Balaban J connectivity index is 1.84. The van der Waals surface area contributed by atoms with E-state index >= 15 is 0 Å². The summed E-state index contributed by atoms with van der Waals surface area (Å²) < 4.78 is 5.42. The fourth-order valence-electron chi connectivity index (χ4n) is 1.72. The average molecular weight is 250 g/mol. The van der Waals surface area contributed by atoms with Crippen LogP contribution in [0.1, 0.15) is 10.4 Å². The Kier molecular flexibility index (Phi) is 3.66. The Labute approximate surface area is 104 Å². The third kappa shape index (κ3) is 2.91. The molecule has 2 N–H and O–H groups in total. The second kappa shape index (κ2) is 5.39. The summed E-state index contributed by atoms with van der Waals surface area (Å²) in [5, 5.41) is 11.5. The summed E-state index contributed by atoms with van der Waals surface area (Å²) in [6.07, 6.45) is 0. The summed E-state index contributed by atoms with van der Waals surface area (Å²) in [5.74, 6) is -0.492. The molecule has 1 aliphatic rings. The lowest BCUT2D eigenvalue weighted by molar-refractivity contribution is 0.0696. The summed E-state index contributed by atoms with van der Waals surface area (Å²) in [4.78, 5) is 23.7. The predicted molar refractivity (Wildman–Crippen MR) is 63.9 cm³/mol. The average Bonchev–Trinajstić information content (AvgIpc) is 2.76. The zero-order valence-corrected chi connectivity index (χ0v) is 9.76. The Morgan fingerprint density at radius 1 is 1.50 bits per heavy atom. The molecular weight excluding hydrogens is 236 g/mol. The summed E-state index contributed by atoms with van der Waals surface area (Å²) in [6, 6.07) is 6.20. The first-order valence-electron chi connectivity index (χ1n) is 5.66. The smallest absolute Gasteiger partial charge is 0.335 e. The van der Waals surface area contributed by atoms with Crippen molar-refractivity contribution in [3.8, 4) is 5.75 Å². The van der Waals surface area contributed by atoms with Crippen LogP contribution in [0, 0.1) is 0 Å². The molecule has 6 nitrogen and oxygen atoms in total. The van der Waals surface area contributed by atoms with Gasteiger partial charge < -0.3 is 20.1 Å². The Hall–Kier alpha value is -2.24. The molecule has 0 unspecified atom stereocenters. The van der Waals surface area contributed by atoms with Gasteiger partial charge in [-0.05, 0) is 18.2 Å². The van der Waals surface area contributed by atoms with Gasteiger partial charge in [0.15, 0.2) is 0 Å². The number of nitrogens with one attached hydrogen (secondary N) is 1. The highest BCUT2D eigenvalue weighted by Crippen LogP contribution is 2.13. The van der Waals surface area contributed by atoms with E-state index in [0.29, 0.717) is 32.0 Å². The minimum Gasteiger partial charge on any atom is -0.492 e. The lowest BCUT2D eigenvalue weighted by atomic mass is 10.2. The van der Waals surface area contributed by atoms with Crippen molar-refractivity contribution in [2.24, 2.45) is 0 Å². The summed E-state index contributed by atoms with van der Waals surface area (Å²) in [6.45, 7) is 2.17. The number of rotatable bonds is 5. The van der Waals surface area contributed by atoms with Crippen LogP contribution in [0.2, 0.25) is 0 Å². The molecule has 0 spiro atoms. The second-order valence-corrected chi connectivity index (χ2v) is 3.90. The molecule has 2 amide bonds. The van der Waals surface area contributed by atoms with Crippen LogP contribution in [-0.2, 0) is 0 Å². The summed E-state index contributed by atoms with van der Waals surface area (Å²) >= 11 is 0. The van der Waals surface area contributed by atoms with Crippen molar-refractivity contribution in [1.82, 2.24) is 10.2 Å². The van der Waals surface area contributed by atoms with Gasteiger partial charge in [-0.25, -0.2) is 9.59 Å². The van der Waals surface area contributed by atoms with E-state index in [9.17, 15) is 9.59 Å². The van der Waals surface area contributed by atoms with Gasteiger partial charge >= 0.3 is 12.0 Å². The van der Waals surface area contributed by atoms with Gasteiger partial charge in [0.05, 0.1) is 12.1 Å². The maximum absolute atomic E-state index is 11.2. The molecule has 1 heterocycles. The predicted octanol–water partition coefficient (Wildman–Crippen LogP) is 0.789. The number of carboxylic acids is 1. The van der Waals surface area contributed by atoms with Crippen molar-refractivity contribution in [3.05, 3.63) is 29.8 Å². The van der Waals surface area contributed by atoms with Crippen molar-refractivity contribution in [3.63, 3.8) is 0 Å². The van der Waals surface area contributed by atoms with Crippen LogP contribution in [0.25, 0.3) is 0 Å². The molecule has 6 heteroatoms. The molecule has 18 heavy (non-hydrogen) atoms. The molecular formula is C12H14N2O4. The lowest BCUT2D eigenvalue weighted by Gasteiger charge is -2.14. The van der Waals surface area contributed by atoms with Crippen molar-refractivity contribution < 1.29 is 19.4 Å². The van der Waals surface area contributed by atoms with Gasteiger partial charge in [0.1, 0.15) is 12.4 Å². The van der Waals surface area contributed by atoms with E-state index in [2.05, 4.69) is 5.32 Å². The highest BCUT2D eigenvalue weighted by Gasteiger charge is 2.18. The molecule has 2 rings (SSSR count). The molecule has 1 aromatic rings. The van der Waals surface area contributed by atoms with Gasteiger partial charge in [0.2, 0.25) is 0 Å². The van der Waals surface area contributed by atoms with Gasteiger partial charge in [-0.1, -0.05) is 6.07 Å². The zero-order valence-electron chi connectivity index (χ0n) is 9.76. The second-order valence-electron chi connectivity index (χ2n) is 3.90. The number of carbonyl (C=O) groups excluding carboxylic acids is 1. The highest BCUT2D eigenvalue weighted by atomic mass is 16.5. The Bertz CT molecular complexity index is 461. The molecule has 0 aliphatic carbocycles. The monoisotopic (exact) mass is 250 g/mol. The maximum atomic E-state index is 11.2. The largest absolute Gasteiger partial charge is 0.492 e. The number of aromatic carboxylic acids is 1. The maximum Gasteiger partial charge on any atom is 0.335 e. The van der Waals surface area contributed by atoms with Crippen LogP contribution in [0.4, 0.5) is 4.79 Å². The van der Waals surface area contributed by atoms with Crippen LogP contribution in [-0.4, -0.2) is 48.2 Å². The van der Waals surface area contributed by atoms with Crippen LogP contribution in [0.3, 0.4) is 0 Å². The van der Waals surface area contributed by atoms with E-state index in [1.165, 1.54) is 12.1 Å². The van der Waals surface area contributed by atoms with E-state index in [1.54, 1.807) is 17.0 Å². The van der Waals surface area contributed by atoms with E-state index in [-0.39, 0.29) is 11.6 Å². The molecule has 1 aromatic carbocycles. The SMILES string of the molecule is O=C(O)c1cccc(OCCN2CCNC2=O)c1. The van der Waals surface area contributed by atoms with Crippen molar-refractivity contribution in [2.75, 3.05) is 26.2 Å². The van der Waals surface area contributed by atoms with Crippen LogP contribution in [0.5, 0.6) is 5.75 Å². The first kappa shape index (κ1) is 12.2. The first-order chi connectivity index (χ1) is 8.66. The Morgan fingerprint density at radius 2 is 2.33 bits per heavy atom. The van der Waals surface area contributed by atoms with Crippen molar-refractivity contribution in [1.29, 1.82) is 0 Å². The standard InChI is InChI=1S/C12H14N2O4/c15-11(16)9-2-1-3-10(8-9)18-7-6-14-5-4-13-12(14)17/h1-3,8H,4-7H2,(H,13,17)(H,15,16). The molecule has 1 saturated heterocycles. The number of carboxylic acid groups (broad SMARTS) is 1. The number of hydrogen-bond acceptors (Lipinski definition) is 3. The Morgan fingerprint density at radius 3 is 3.00 bits per heavy atom. The fourth-order valence-corrected chi connectivity index (χ4v) is 1.72. The molecule has 96 valence electrons. The molecule has 1 fully saturated rings. The topological polar surface area (TPSA) is 78.9 Å². The summed E-state index contributed by atoms with van der Waals surface area (Å²) in [7, 11) is 0. The van der Waals surface area contributed by atoms with Gasteiger partial charge in [-0.15, -0.1) is 0 Å². The molecule has 1 aliphatic heterocycles. The minimum absolute atomic E-state index is 0.0853. The van der Waals surface area contributed by atoms with E-state index < -0.39 is 5.97 Å². The van der Waals surface area contributed by atoms with E-state index in [1.807, 2.05) is 0 Å². The van der Waals surface area contributed by atoms with Crippen LogP contribution >= 0.6 is 0 Å². The highest BCUT2D eigenvalue weighted by molar-refractivity contribution is 5.88. The third-order valence-electron chi connectivity index (χ3n) is 2.66. The normalized spacial score (nSPS) is 14.4. The number of amides is 2. The first-order valence-corrected chi connectivity index (χ1v) is 5.66. The lowest BCUT2D eigenvalue weighted by Crippen LogP contribution is -2.31. The molecule has 0 atom stereocenters. The molecule has 0 bridgehead atoms. The number of benzene rings is 1. The van der Waals surface area contributed by atoms with E-state index in [0.717, 1.165) is 0 Å². The number of urea groups is 1. The third-order valence-corrected chi connectivity index (χ3v) is 2.66. The van der Waals surface area contributed by atoms with Crippen molar-refractivity contribution >= 4 is 12.0 Å². The number of nitrogens with zero attached hydrogens (tertiary/aromatic N) is 1. The van der Waals surface area contributed by atoms with Gasteiger partial charge in [0, 0.05) is 13.1 Å². The van der Waals surface area contributed by atoms with Gasteiger partial charge in [-0.2, -0.15) is 0 Å². The molecule has 0 aromatic heterocycles. The summed E-state index contributed by atoms with van der Waals surface area (Å²) in [5.41, 5.74) is 0.186. The van der Waals surface area contributed by atoms with Crippen LogP contribution in [0.15, 0.2) is 24.3 Å².